The summed E-state index contributed by atoms with van der Waals surface area (Å²) < 4.78 is 5.88. The molecule has 1 atom stereocenters. The first-order valence-corrected chi connectivity index (χ1v) is 7.49. The van der Waals surface area contributed by atoms with Crippen molar-refractivity contribution in [2.45, 2.75) is 71.6 Å². The van der Waals surface area contributed by atoms with E-state index in [-0.39, 0.29) is 6.10 Å². The molecule has 0 amide bonds. The topological polar surface area (TPSA) is 34.1 Å². The van der Waals surface area contributed by atoms with Crippen LogP contribution in [-0.2, 0) is 6.54 Å². The second kappa shape index (κ2) is 6.38. The zero-order valence-electron chi connectivity index (χ0n) is 12.6. The van der Waals surface area contributed by atoms with Gasteiger partial charge in [0.05, 0.1) is 6.10 Å². The monoisotopic (exact) mass is 262 g/mol. The number of nitrogens with one attached hydrogen (secondary N) is 1. The lowest BCUT2D eigenvalue weighted by Gasteiger charge is -2.15. The van der Waals surface area contributed by atoms with E-state index in [2.05, 4.69) is 50.1 Å². The molecule has 0 radical (unpaired) electrons. The van der Waals surface area contributed by atoms with E-state index in [1.165, 1.54) is 18.4 Å². The summed E-state index contributed by atoms with van der Waals surface area (Å²) in [4.78, 5) is 4.61. The summed E-state index contributed by atoms with van der Waals surface area (Å²) in [6.45, 7) is 9.49. The summed E-state index contributed by atoms with van der Waals surface area (Å²) in [6, 6.07) is 5.01. The maximum absolute atomic E-state index is 5.88. The molecule has 1 fully saturated rings. The first kappa shape index (κ1) is 14.3. The number of pyridine rings is 1. The van der Waals surface area contributed by atoms with Crippen molar-refractivity contribution in [1.29, 1.82) is 0 Å². The van der Waals surface area contributed by atoms with Crippen LogP contribution in [0.15, 0.2) is 12.1 Å². The van der Waals surface area contributed by atoms with E-state index in [1.807, 2.05) is 0 Å². The van der Waals surface area contributed by atoms with E-state index in [1.54, 1.807) is 0 Å². The molecule has 1 heterocycles. The lowest BCUT2D eigenvalue weighted by molar-refractivity contribution is 0.207. The molecule has 1 unspecified atom stereocenters. The van der Waals surface area contributed by atoms with Crippen LogP contribution in [0.1, 0.15) is 64.1 Å². The van der Waals surface area contributed by atoms with Crippen molar-refractivity contribution in [3.8, 4) is 5.88 Å². The van der Waals surface area contributed by atoms with Gasteiger partial charge in [-0.05, 0) is 43.7 Å². The van der Waals surface area contributed by atoms with Crippen molar-refractivity contribution in [3.05, 3.63) is 23.4 Å². The average molecular weight is 262 g/mol. The van der Waals surface area contributed by atoms with Gasteiger partial charge < -0.3 is 10.1 Å². The number of aromatic nitrogens is 1. The normalized spacial score (nSPS) is 16.7. The second-order valence-electron chi connectivity index (χ2n) is 5.89. The van der Waals surface area contributed by atoms with E-state index in [4.69, 9.17) is 4.74 Å². The Labute approximate surface area is 116 Å². The third kappa shape index (κ3) is 4.50. The highest BCUT2D eigenvalue weighted by Crippen LogP contribution is 2.22. The van der Waals surface area contributed by atoms with E-state index in [0.29, 0.717) is 5.92 Å². The lowest BCUT2D eigenvalue weighted by atomic mass is 10.1. The fourth-order valence-corrected chi connectivity index (χ4v) is 1.88. The van der Waals surface area contributed by atoms with Gasteiger partial charge in [0, 0.05) is 24.3 Å². The Morgan fingerprint density at radius 2 is 2.05 bits per heavy atom. The standard InChI is InChI=1S/C16H26N2O/c1-5-12(4)19-16-9-13(10-17-14-6-7-14)8-15(18-16)11(2)3/h8-9,11-12,14,17H,5-7,10H2,1-4H3. The minimum Gasteiger partial charge on any atom is -0.475 e. The summed E-state index contributed by atoms with van der Waals surface area (Å²) >= 11 is 0. The SMILES string of the molecule is CCC(C)Oc1cc(CNC2CC2)cc(C(C)C)n1. The molecule has 1 aliphatic carbocycles. The Kier molecular flexibility index (Phi) is 4.81. The van der Waals surface area contributed by atoms with Gasteiger partial charge in [-0.15, -0.1) is 0 Å². The summed E-state index contributed by atoms with van der Waals surface area (Å²) in [5.41, 5.74) is 2.40. The maximum atomic E-state index is 5.88. The second-order valence-corrected chi connectivity index (χ2v) is 5.89. The molecule has 0 saturated heterocycles. The highest BCUT2D eigenvalue weighted by molar-refractivity contribution is 5.27. The molecule has 0 aromatic carbocycles. The Balaban J connectivity index is 2.10. The van der Waals surface area contributed by atoms with Gasteiger partial charge in [0.2, 0.25) is 5.88 Å². The summed E-state index contributed by atoms with van der Waals surface area (Å²) in [5, 5.41) is 3.55. The minimum atomic E-state index is 0.221. The van der Waals surface area contributed by atoms with Crippen LogP contribution in [-0.4, -0.2) is 17.1 Å². The predicted octanol–water partition coefficient (Wildman–Crippen LogP) is 3.63. The maximum Gasteiger partial charge on any atom is 0.214 e. The van der Waals surface area contributed by atoms with Gasteiger partial charge >= 0.3 is 0 Å². The van der Waals surface area contributed by atoms with Crippen LogP contribution in [0.25, 0.3) is 0 Å². The number of nitrogens with zero attached hydrogens (tertiary/aromatic N) is 1. The minimum absolute atomic E-state index is 0.221. The molecule has 3 heteroatoms. The largest absolute Gasteiger partial charge is 0.475 e. The molecule has 1 aromatic rings. The van der Waals surface area contributed by atoms with E-state index in [0.717, 1.165) is 30.6 Å². The fraction of sp³-hybridized carbons (Fsp3) is 0.688. The summed E-state index contributed by atoms with van der Waals surface area (Å²) in [6.07, 6.45) is 3.86. The first-order valence-electron chi connectivity index (χ1n) is 7.49. The molecule has 0 spiro atoms. The first-order chi connectivity index (χ1) is 9.08. The molecule has 2 rings (SSSR count). The molecule has 3 nitrogen and oxygen atoms in total. The van der Waals surface area contributed by atoms with Gasteiger partial charge in [-0.2, -0.15) is 0 Å². The molecule has 1 N–H and O–H groups in total. The van der Waals surface area contributed by atoms with Crippen molar-refractivity contribution in [3.63, 3.8) is 0 Å². The van der Waals surface area contributed by atoms with E-state index >= 15 is 0 Å². The smallest absolute Gasteiger partial charge is 0.214 e. The van der Waals surface area contributed by atoms with Crippen LogP contribution in [0.2, 0.25) is 0 Å². The van der Waals surface area contributed by atoms with Crippen molar-refractivity contribution >= 4 is 0 Å². The van der Waals surface area contributed by atoms with Gasteiger partial charge in [0.1, 0.15) is 0 Å². The number of rotatable bonds is 7. The van der Waals surface area contributed by atoms with Crippen molar-refractivity contribution in [2.24, 2.45) is 0 Å². The predicted molar refractivity (Wildman–Crippen MR) is 78.6 cm³/mol. The highest BCUT2D eigenvalue weighted by Gasteiger charge is 2.20. The molecule has 1 aliphatic rings. The zero-order valence-corrected chi connectivity index (χ0v) is 12.6. The quantitative estimate of drug-likeness (QED) is 0.814. The molecular formula is C16H26N2O. The Hall–Kier alpha value is -1.09. The summed E-state index contributed by atoms with van der Waals surface area (Å²) in [7, 11) is 0. The van der Waals surface area contributed by atoms with Gasteiger partial charge in [-0.1, -0.05) is 20.8 Å². The third-order valence-electron chi connectivity index (χ3n) is 3.54. The van der Waals surface area contributed by atoms with E-state index in [9.17, 15) is 0 Å². The van der Waals surface area contributed by atoms with Gasteiger partial charge in [0.15, 0.2) is 0 Å². The number of hydrogen-bond donors (Lipinski definition) is 1. The average Bonchev–Trinajstić information content (AvgIpc) is 3.20. The van der Waals surface area contributed by atoms with Gasteiger partial charge in [-0.3, -0.25) is 0 Å². The Morgan fingerprint density at radius 1 is 1.32 bits per heavy atom. The Bertz CT molecular complexity index is 413. The molecule has 106 valence electrons. The Morgan fingerprint density at radius 3 is 2.63 bits per heavy atom. The summed E-state index contributed by atoms with van der Waals surface area (Å²) in [5.74, 6) is 1.20. The molecule has 19 heavy (non-hydrogen) atoms. The molecular weight excluding hydrogens is 236 g/mol. The van der Waals surface area contributed by atoms with Crippen LogP contribution >= 0.6 is 0 Å². The number of ether oxygens (including phenoxy) is 1. The van der Waals surface area contributed by atoms with Gasteiger partial charge in [-0.25, -0.2) is 4.98 Å². The third-order valence-corrected chi connectivity index (χ3v) is 3.54. The lowest BCUT2D eigenvalue weighted by Crippen LogP contribution is -2.17. The van der Waals surface area contributed by atoms with Crippen LogP contribution in [0.3, 0.4) is 0 Å². The van der Waals surface area contributed by atoms with Crippen LogP contribution < -0.4 is 10.1 Å². The van der Waals surface area contributed by atoms with Crippen molar-refractivity contribution in [1.82, 2.24) is 10.3 Å². The zero-order chi connectivity index (χ0) is 13.8. The van der Waals surface area contributed by atoms with Crippen LogP contribution in [0.4, 0.5) is 0 Å². The molecule has 0 bridgehead atoms. The van der Waals surface area contributed by atoms with Crippen LogP contribution in [0, 0.1) is 0 Å². The highest BCUT2D eigenvalue weighted by atomic mass is 16.5. The van der Waals surface area contributed by atoms with Gasteiger partial charge in [0.25, 0.3) is 0 Å². The molecule has 0 aliphatic heterocycles. The fourth-order valence-electron chi connectivity index (χ4n) is 1.88. The number of hydrogen-bond acceptors (Lipinski definition) is 3. The molecule has 1 saturated carbocycles. The van der Waals surface area contributed by atoms with Crippen LogP contribution in [0.5, 0.6) is 5.88 Å². The van der Waals surface area contributed by atoms with Crippen molar-refractivity contribution in [2.75, 3.05) is 0 Å². The molecule has 1 aromatic heterocycles. The van der Waals surface area contributed by atoms with E-state index < -0.39 is 0 Å². The van der Waals surface area contributed by atoms with Crippen molar-refractivity contribution < 1.29 is 4.74 Å².